The third-order valence-corrected chi connectivity index (χ3v) is 8.03. The van der Waals surface area contributed by atoms with Crippen LogP contribution in [-0.4, -0.2) is 52.3 Å². The molecule has 11 heteroatoms. The summed E-state index contributed by atoms with van der Waals surface area (Å²) < 4.78 is 0. The van der Waals surface area contributed by atoms with E-state index in [0.717, 1.165) is 43.8 Å². The Kier molecular flexibility index (Phi) is 7.95. The van der Waals surface area contributed by atoms with Crippen LogP contribution in [0.1, 0.15) is 13.8 Å². The number of nitrogens with zero attached hydrogens (tertiary/aromatic N) is 8. The summed E-state index contributed by atoms with van der Waals surface area (Å²) in [4.78, 5) is 39.3. The van der Waals surface area contributed by atoms with E-state index < -0.39 is 12.2 Å². The van der Waals surface area contributed by atoms with Crippen LogP contribution in [0, 0.1) is 0 Å². The fourth-order valence-corrected chi connectivity index (χ4v) is 5.46. The molecule has 2 atom stereocenters. The zero-order valence-electron chi connectivity index (χ0n) is 25.4. The van der Waals surface area contributed by atoms with Gasteiger partial charge in [-0.2, -0.15) is 0 Å². The quantitative estimate of drug-likeness (QED) is 0.207. The second kappa shape index (κ2) is 12.2. The number of aromatic nitrogens is 8. The topological polar surface area (TPSA) is 146 Å². The summed E-state index contributed by atoms with van der Waals surface area (Å²) in [5.74, 6) is 2.21. The number of benzene rings is 4. The number of aliphatic hydroxyl groups is 2. The van der Waals surface area contributed by atoms with Gasteiger partial charge in [0.25, 0.3) is 0 Å². The van der Waals surface area contributed by atoms with Crippen molar-refractivity contribution in [2.45, 2.75) is 26.1 Å². The van der Waals surface area contributed by atoms with Gasteiger partial charge in [-0.05, 0) is 35.4 Å². The van der Waals surface area contributed by atoms with Crippen LogP contribution < -0.4 is 9.97 Å². The van der Waals surface area contributed by atoms with Crippen molar-refractivity contribution in [2.75, 3.05) is 0 Å². The molecule has 10 nitrogen and oxygen atoms in total. The van der Waals surface area contributed by atoms with Gasteiger partial charge in [0.1, 0.15) is 0 Å². The van der Waals surface area contributed by atoms with Gasteiger partial charge in [0.05, 0.1) is 35.5 Å². The molecule has 226 valence electrons. The predicted molar refractivity (Wildman–Crippen MR) is 177 cm³/mol. The van der Waals surface area contributed by atoms with Gasteiger partial charge in [0, 0.05) is 44.8 Å². The molecule has 0 saturated carbocycles. The molecule has 9 rings (SSSR count). The smallest absolute Gasteiger partial charge is 0.391 e. The van der Waals surface area contributed by atoms with Crippen LogP contribution in [0.15, 0.2) is 97.1 Å². The molecule has 3 aromatic heterocycles. The molecule has 0 spiro atoms. The van der Waals surface area contributed by atoms with Gasteiger partial charge in [-0.15, -0.1) is 0 Å². The average Bonchev–Trinajstić information content (AvgIpc) is 3.81. The summed E-state index contributed by atoms with van der Waals surface area (Å²) in [6.45, 7) is 3.09. The largest absolute Gasteiger partial charge is 2.00 e. The maximum Gasteiger partial charge on any atom is 2.00 e. The fraction of sp³-hybridized carbons (Fsp3) is 0.111. The van der Waals surface area contributed by atoms with E-state index in [0.29, 0.717) is 45.9 Å². The number of aliphatic hydroxyl groups excluding tert-OH is 2. The van der Waals surface area contributed by atoms with Crippen molar-refractivity contribution >= 4 is 44.1 Å². The Morgan fingerprint density at radius 3 is 0.872 bits per heavy atom. The Hall–Kier alpha value is -5.13. The van der Waals surface area contributed by atoms with E-state index in [1.54, 1.807) is 13.8 Å². The fourth-order valence-electron chi connectivity index (χ4n) is 5.46. The third-order valence-electron chi connectivity index (χ3n) is 8.03. The standard InChI is InChI=1S/C32H16N8.C4H10O2.Ti/c1-2-10-18-17(9-1)25-33-26(18)38-28-21-13-5-6-14-22(21)30(35-28)40-32-24-16-8-7-15-23(24)31(36-32)39-29-20-12-4-3-11-19(20)27(34-29)37-25;1-3(5)4(2)6;/h1-16H;3-6H,1-2H3;/q-2;;+2/t;3-,4-;/m.1./s1. The molecular weight excluding hydrogens is 624 g/mol. The SMILES string of the molecule is C[C@@H](O)[C@@H](C)O.[Ti+2].c1ccc2c(c1)-c1nc-2nc2[n-]c(nc3nc(nc4[n-]c(n1)c1ccccc41)-c1ccccc1-3)c1ccccc21. The minimum Gasteiger partial charge on any atom is -0.391 e. The van der Waals surface area contributed by atoms with Gasteiger partial charge in [-0.3, -0.25) is 0 Å². The molecule has 2 N–H and O–H groups in total. The Labute approximate surface area is 283 Å². The van der Waals surface area contributed by atoms with E-state index >= 15 is 0 Å². The molecular formula is C36H26N8O2Ti. The van der Waals surface area contributed by atoms with Gasteiger partial charge >= 0.3 is 21.7 Å². The van der Waals surface area contributed by atoms with Crippen molar-refractivity contribution in [3.8, 4) is 45.6 Å². The first-order chi connectivity index (χ1) is 22.4. The number of fused-ring (bicyclic) bond motifs is 20. The van der Waals surface area contributed by atoms with Crippen molar-refractivity contribution in [1.82, 2.24) is 39.9 Å². The summed E-state index contributed by atoms with van der Waals surface area (Å²) in [6, 6.07) is 31.8. The molecule has 8 bridgehead atoms. The maximum atomic E-state index is 8.38. The van der Waals surface area contributed by atoms with Crippen LogP contribution in [0.2, 0.25) is 0 Å². The van der Waals surface area contributed by atoms with Crippen LogP contribution >= 0.6 is 0 Å². The van der Waals surface area contributed by atoms with E-state index in [9.17, 15) is 0 Å². The van der Waals surface area contributed by atoms with Crippen molar-refractivity contribution in [1.29, 1.82) is 0 Å². The number of rotatable bonds is 1. The predicted octanol–water partition coefficient (Wildman–Crippen LogP) is 5.87. The number of hydrogen-bond donors (Lipinski definition) is 2. The minimum atomic E-state index is -0.593. The molecule has 2 aliphatic rings. The Balaban J connectivity index is 0.000000462. The average molecular weight is 651 g/mol. The van der Waals surface area contributed by atoms with Crippen molar-refractivity contribution in [2.24, 2.45) is 0 Å². The van der Waals surface area contributed by atoms with Crippen LogP contribution in [0.3, 0.4) is 0 Å². The first-order valence-corrected chi connectivity index (χ1v) is 14.9. The minimum absolute atomic E-state index is 0. The molecule has 2 aliphatic heterocycles. The van der Waals surface area contributed by atoms with E-state index in [1.807, 2.05) is 97.1 Å². The van der Waals surface area contributed by atoms with E-state index in [2.05, 4.69) is 0 Å². The van der Waals surface area contributed by atoms with Crippen LogP contribution in [-0.2, 0) is 21.7 Å². The molecule has 0 aliphatic carbocycles. The molecule has 0 radical (unpaired) electrons. The zero-order chi connectivity index (χ0) is 31.4. The summed E-state index contributed by atoms with van der Waals surface area (Å²) in [5, 5.41) is 20.3. The molecule has 47 heavy (non-hydrogen) atoms. The zero-order valence-corrected chi connectivity index (χ0v) is 26.9. The van der Waals surface area contributed by atoms with Crippen LogP contribution in [0.4, 0.5) is 0 Å². The van der Waals surface area contributed by atoms with E-state index in [-0.39, 0.29) is 21.7 Å². The molecule has 5 heterocycles. The second-order valence-corrected chi connectivity index (χ2v) is 11.1. The molecule has 7 aromatic rings. The van der Waals surface area contributed by atoms with Crippen LogP contribution in [0.5, 0.6) is 0 Å². The summed E-state index contributed by atoms with van der Waals surface area (Å²) >= 11 is 0. The van der Waals surface area contributed by atoms with Gasteiger partial charge < -0.3 is 40.1 Å². The first kappa shape index (κ1) is 30.5. The van der Waals surface area contributed by atoms with Crippen molar-refractivity contribution in [3.63, 3.8) is 0 Å². The van der Waals surface area contributed by atoms with E-state index in [4.69, 9.17) is 50.1 Å². The molecule has 0 amide bonds. The van der Waals surface area contributed by atoms with Crippen molar-refractivity contribution in [3.05, 3.63) is 97.1 Å². The molecule has 0 fully saturated rings. The van der Waals surface area contributed by atoms with E-state index in [1.165, 1.54) is 0 Å². The van der Waals surface area contributed by atoms with Crippen molar-refractivity contribution < 1.29 is 31.9 Å². The Morgan fingerprint density at radius 1 is 0.404 bits per heavy atom. The first-order valence-electron chi connectivity index (χ1n) is 14.9. The van der Waals surface area contributed by atoms with Gasteiger partial charge in [0.2, 0.25) is 0 Å². The van der Waals surface area contributed by atoms with Gasteiger partial charge in [0.15, 0.2) is 0 Å². The monoisotopic (exact) mass is 650 g/mol. The van der Waals surface area contributed by atoms with Crippen LogP contribution in [0.25, 0.3) is 89.7 Å². The van der Waals surface area contributed by atoms with Gasteiger partial charge in [-0.25, -0.2) is 9.97 Å². The maximum absolute atomic E-state index is 8.38. The second-order valence-electron chi connectivity index (χ2n) is 11.1. The summed E-state index contributed by atoms with van der Waals surface area (Å²) in [6.07, 6.45) is -1.19. The summed E-state index contributed by atoms with van der Waals surface area (Å²) in [5.41, 5.74) is 5.78. The molecule has 0 saturated heterocycles. The molecule has 0 unspecified atom stereocenters. The molecule has 4 aromatic carbocycles. The Morgan fingerprint density at radius 2 is 0.638 bits per heavy atom. The normalized spacial score (nSPS) is 12.8. The Bertz CT molecular complexity index is 2140. The summed E-state index contributed by atoms with van der Waals surface area (Å²) in [7, 11) is 0. The number of hydrogen-bond acceptors (Lipinski definition) is 8. The van der Waals surface area contributed by atoms with Gasteiger partial charge in [-0.1, -0.05) is 97.1 Å². The third kappa shape index (κ3) is 5.41.